The zero-order valence-electron chi connectivity index (χ0n) is 12.3. The maximum absolute atomic E-state index is 11.8. The van der Waals surface area contributed by atoms with Gasteiger partial charge in [-0.2, -0.15) is 0 Å². The number of carbonyl (C=O) groups excluding carboxylic acids is 4. The summed E-state index contributed by atoms with van der Waals surface area (Å²) in [5.41, 5.74) is 4.86. The van der Waals surface area contributed by atoms with Crippen molar-refractivity contribution >= 4 is 35.0 Å². The molecule has 1 aromatic heterocycles. The van der Waals surface area contributed by atoms with E-state index in [1.165, 1.54) is 11.3 Å². The number of urea groups is 1. The van der Waals surface area contributed by atoms with Crippen molar-refractivity contribution in [3.05, 3.63) is 22.4 Å². The van der Waals surface area contributed by atoms with E-state index in [1.54, 1.807) is 31.4 Å². The number of ketones is 1. The zero-order chi connectivity index (χ0) is 16.7. The highest BCUT2D eigenvalue weighted by Gasteiger charge is 2.27. The zero-order valence-corrected chi connectivity index (χ0v) is 13.1. The van der Waals surface area contributed by atoms with Gasteiger partial charge in [0.25, 0.3) is 5.91 Å². The van der Waals surface area contributed by atoms with Crippen molar-refractivity contribution in [2.24, 2.45) is 11.7 Å². The molecule has 0 aromatic carbocycles. The Kier molecular flexibility index (Phi) is 6.71. The molecule has 3 N–H and O–H groups in total. The molecule has 1 atom stereocenters. The van der Waals surface area contributed by atoms with Gasteiger partial charge in [0.05, 0.1) is 11.3 Å². The molecule has 0 aliphatic rings. The monoisotopic (exact) mass is 326 g/mol. The molecule has 0 spiro atoms. The number of imide groups is 1. The summed E-state index contributed by atoms with van der Waals surface area (Å²) in [6.07, 6.45) is -1.26. The summed E-state index contributed by atoms with van der Waals surface area (Å²) in [7, 11) is 0. The minimum atomic E-state index is -1.13. The van der Waals surface area contributed by atoms with Crippen LogP contribution in [-0.2, 0) is 14.3 Å². The molecule has 0 aliphatic heterocycles. The van der Waals surface area contributed by atoms with E-state index in [9.17, 15) is 19.2 Å². The minimum absolute atomic E-state index is 0.00159. The third kappa shape index (κ3) is 5.65. The van der Waals surface area contributed by atoms with Crippen LogP contribution in [-0.4, -0.2) is 29.8 Å². The van der Waals surface area contributed by atoms with Crippen LogP contribution < -0.4 is 11.1 Å². The minimum Gasteiger partial charge on any atom is -0.452 e. The Morgan fingerprint density at radius 1 is 1.27 bits per heavy atom. The van der Waals surface area contributed by atoms with Crippen LogP contribution in [0.4, 0.5) is 4.79 Å². The van der Waals surface area contributed by atoms with E-state index >= 15 is 0 Å². The third-order valence-corrected chi connectivity index (χ3v) is 3.63. The number of hydrogen-bond donors (Lipinski definition) is 2. The predicted octanol–water partition coefficient (Wildman–Crippen LogP) is 1.47. The largest absolute Gasteiger partial charge is 0.452 e. The van der Waals surface area contributed by atoms with Crippen molar-refractivity contribution in [1.29, 1.82) is 0 Å². The highest BCUT2D eigenvalue weighted by atomic mass is 32.1. The van der Waals surface area contributed by atoms with Crippen LogP contribution >= 0.6 is 11.3 Å². The van der Waals surface area contributed by atoms with Crippen molar-refractivity contribution in [3.8, 4) is 0 Å². The number of primary amides is 1. The van der Waals surface area contributed by atoms with Gasteiger partial charge in [-0.15, -0.1) is 11.3 Å². The maximum atomic E-state index is 11.8. The maximum Gasteiger partial charge on any atom is 0.318 e. The first-order chi connectivity index (χ1) is 10.3. The van der Waals surface area contributed by atoms with E-state index < -0.39 is 24.0 Å². The summed E-state index contributed by atoms with van der Waals surface area (Å²) in [6, 6.07) is 2.41. The van der Waals surface area contributed by atoms with Crippen molar-refractivity contribution in [3.63, 3.8) is 0 Å². The fourth-order valence-corrected chi connectivity index (χ4v) is 2.36. The van der Waals surface area contributed by atoms with Gasteiger partial charge in [0.1, 0.15) is 0 Å². The highest BCUT2D eigenvalue weighted by molar-refractivity contribution is 7.12. The third-order valence-electron chi connectivity index (χ3n) is 2.72. The number of Topliss-reactive ketones (excluding diaryl/α,β-unsaturated/α-hetero) is 1. The Bertz CT molecular complexity index is 554. The van der Waals surface area contributed by atoms with Gasteiger partial charge in [-0.1, -0.05) is 19.9 Å². The van der Waals surface area contributed by atoms with Crippen LogP contribution in [0.25, 0.3) is 0 Å². The summed E-state index contributed by atoms with van der Waals surface area (Å²) >= 11 is 1.30. The Labute approximate surface area is 131 Å². The molecule has 8 heteroatoms. The van der Waals surface area contributed by atoms with Crippen LogP contribution in [0.2, 0.25) is 0 Å². The number of rotatable bonds is 7. The lowest BCUT2D eigenvalue weighted by Gasteiger charge is -2.19. The van der Waals surface area contributed by atoms with Gasteiger partial charge >= 0.3 is 12.0 Å². The first kappa shape index (κ1) is 17.8. The van der Waals surface area contributed by atoms with Gasteiger partial charge in [0, 0.05) is 6.42 Å². The molecule has 1 aromatic rings. The van der Waals surface area contributed by atoms with Gasteiger partial charge < -0.3 is 10.5 Å². The van der Waals surface area contributed by atoms with Gasteiger partial charge in [-0.05, 0) is 17.4 Å². The quantitative estimate of drug-likeness (QED) is 0.581. The molecule has 0 aliphatic carbocycles. The number of nitrogens with two attached hydrogens (primary N) is 1. The van der Waals surface area contributed by atoms with Crippen LogP contribution in [0.3, 0.4) is 0 Å². The molecule has 120 valence electrons. The Morgan fingerprint density at radius 2 is 1.95 bits per heavy atom. The van der Waals surface area contributed by atoms with E-state index in [0.717, 1.165) is 0 Å². The van der Waals surface area contributed by atoms with Crippen molar-refractivity contribution in [2.75, 3.05) is 0 Å². The fourth-order valence-electron chi connectivity index (χ4n) is 1.66. The number of thiophene rings is 1. The number of hydrogen-bond acceptors (Lipinski definition) is 6. The van der Waals surface area contributed by atoms with Crippen molar-refractivity contribution in [2.45, 2.75) is 32.8 Å². The molecule has 0 radical (unpaired) electrons. The topological polar surface area (TPSA) is 116 Å². The summed E-state index contributed by atoms with van der Waals surface area (Å²) in [6.45, 7) is 3.32. The molecule has 22 heavy (non-hydrogen) atoms. The second-order valence-electron chi connectivity index (χ2n) is 4.91. The predicted molar refractivity (Wildman–Crippen MR) is 80.3 cm³/mol. The van der Waals surface area contributed by atoms with Crippen LogP contribution in [0.5, 0.6) is 0 Å². The highest BCUT2D eigenvalue weighted by Crippen LogP contribution is 2.14. The average Bonchev–Trinajstić information content (AvgIpc) is 2.94. The lowest BCUT2D eigenvalue weighted by Crippen LogP contribution is -2.45. The Balaban J connectivity index is 2.51. The van der Waals surface area contributed by atoms with E-state index in [0.29, 0.717) is 4.88 Å². The number of esters is 1. The Hall–Kier alpha value is -2.22. The molecule has 7 nitrogen and oxygen atoms in total. The number of ether oxygens (including phenoxy) is 1. The lowest BCUT2D eigenvalue weighted by molar-refractivity contribution is -0.158. The molecule has 3 amide bonds. The van der Waals surface area contributed by atoms with Gasteiger partial charge in [0.2, 0.25) is 0 Å². The molecule has 0 saturated heterocycles. The van der Waals surface area contributed by atoms with E-state index in [2.05, 4.69) is 0 Å². The summed E-state index contributed by atoms with van der Waals surface area (Å²) in [4.78, 5) is 46.5. The molecule has 1 unspecified atom stereocenters. The second kappa shape index (κ2) is 8.28. The molecule has 1 heterocycles. The smallest absolute Gasteiger partial charge is 0.318 e. The SMILES string of the molecule is CC(C)C(OC(=O)CCC(=O)c1cccs1)C(=O)NC(N)=O. The molecule has 1 rings (SSSR count). The first-order valence-corrected chi connectivity index (χ1v) is 7.55. The first-order valence-electron chi connectivity index (χ1n) is 6.67. The number of amides is 3. The average molecular weight is 326 g/mol. The summed E-state index contributed by atoms with van der Waals surface area (Å²) in [5.74, 6) is -1.95. The van der Waals surface area contributed by atoms with Crippen LogP contribution in [0.1, 0.15) is 36.4 Å². The van der Waals surface area contributed by atoms with Gasteiger partial charge in [-0.25, -0.2) is 4.79 Å². The van der Waals surface area contributed by atoms with Crippen LogP contribution in [0.15, 0.2) is 17.5 Å². The molecular formula is C14H18N2O5S. The number of carbonyl (C=O) groups is 4. The van der Waals surface area contributed by atoms with Gasteiger partial charge in [0.15, 0.2) is 11.9 Å². The molecular weight excluding hydrogens is 308 g/mol. The van der Waals surface area contributed by atoms with E-state index in [4.69, 9.17) is 10.5 Å². The fraction of sp³-hybridized carbons (Fsp3) is 0.429. The molecule has 0 saturated carbocycles. The summed E-state index contributed by atoms with van der Waals surface area (Å²) in [5, 5.41) is 3.65. The van der Waals surface area contributed by atoms with Crippen molar-refractivity contribution < 1.29 is 23.9 Å². The van der Waals surface area contributed by atoms with Crippen LogP contribution in [0, 0.1) is 5.92 Å². The van der Waals surface area contributed by atoms with Crippen molar-refractivity contribution in [1.82, 2.24) is 5.32 Å². The normalized spacial score (nSPS) is 11.8. The lowest BCUT2D eigenvalue weighted by atomic mass is 10.1. The van der Waals surface area contributed by atoms with E-state index in [1.807, 2.05) is 5.32 Å². The molecule has 0 bridgehead atoms. The van der Waals surface area contributed by atoms with E-state index in [-0.39, 0.29) is 24.5 Å². The summed E-state index contributed by atoms with van der Waals surface area (Å²) < 4.78 is 5.03. The second-order valence-corrected chi connectivity index (χ2v) is 5.86. The standard InChI is InChI=1S/C14H18N2O5S/c1-8(2)12(13(19)16-14(15)20)21-11(18)6-5-9(17)10-4-3-7-22-10/h3-4,7-8,12H,5-6H2,1-2H3,(H3,15,16,19,20). The molecule has 0 fully saturated rings. The Morgan fingerprint density at radius 3 is 2.45 bits per heavy atom. The van der Waals surface area contributed by atoms with Gasteiger partial charge in [-0.3, -0.25) is 19.7 Å². The number of nitrogens with one attached hydrogen (secondary N) is 1.